The van der Waals surface area contributed by atoms with E-state index in [2.05, 4.69) is 26.2 Å². The molecular weight excluding hydrogens is 329 g/mol. The van der Waals surface area contributed by atoms with Crippen molar-refractivity contribution in [3.8, 4) is 0 Å². The molecule has 8 heteroatoms. The summed E-state index contributed by atoms with van der Waals surface area (Å²) in [5.41, 5.74) is -0.894. The molecule has 0 radical (unpaired) electrons. The Bertz CT molecular complexity index is 464. The van der Waals surface area contributed by atoms with Crippen molar-refractivity contribution < 1.29 is 22.7 Å². The van der Waals surface area contributed by atoms with Crippen molar-refractivity contribution in [2.45, 2.75) is 26.1 Å². The molecule has 0 atom stereocenters. The molecule has 0 aliphatic carbocycles. The van der Waals surface area contributed by atoms with Gasteiger partial charge in [-0.05, 0) is 41.9 Å². The monoisotopic (exact) mass is 340 g/mol. The molecule has 1 amide bonds. The molecule has 0 spiro atoms. The predicted octanol–water partition coefficient (Wildman–Crippen LogP) is 3.23. The Labute approximate surface area is 116 Å². The molecule has 0 aliphatic heterocycles. The summed E-state index contributed by atoms with van der Waals surface area (Å²) in [7, 11) is 0. The van der Waals surface area contributed by atoms with Crippen molar-refractivity contribution in [2.24, 2.45) is 0 Å². The Morgan fingerprint density at radius 1 is 1.47 bits per heavy atom. The van der Waals surface area contributed by atoms with Gasteiger partial charge in [0.2, 0.25) is 0 Å². The van der Waals surface area contributed by atoms with Crippen molar-refractivity contribution >= 4 is 27.7 Å². The number of amides is 1. The number of hydrogen-bond donors (Lipinski definition) is 1. The summed E-state index contributed by atoms with van der Waals surface area (Å²) < 4.78 is 42.7. The molecule has 0 saturated heterocycles. The van der Waals surface area contributed by atoms with E-state index in [1.165, 1.54) is 0 Å². The summed E-state index contributed by atoms with van der Waals surface area (Å²) in [5.74, 6) is -0.744. The fourth-order valence-corrected chi connectivity index (χ4v) is 1.58. The summed E-state index contributed by atoms with van der Waals surface area (Å²) >= 11 is 2.86. The van der Waals surface area contributed by atoms with Gasteiger partial charge in [0.15, 0.2) is 0 Å². The van der Waals surface area contributed by atoms with Crippen LogP contribution in [-0.4, -0.2) is 23.6 Å². The number of halogens is 4. The second-order valence-electron chi connectivity index (χ2n) is 3.97. The molecular formula is C11H12BrF3N2O2. The van der Waals surface area contributed by atoms with E-state index in [9.17, 15) is 18.0 Å². The molecule has 1 rings (SSSR count). The van der Waals surface area contributed by atoms with E-state index in [1.807, 2.05) is 0 Å². The molecule has 19 heavy (non-hydrogen) atoms. The first kappa shape index (κ1) is 15.9. The number of hydrogen-bond acceptors (Lipinski definition) is 3. The summed E-state index contributed by atoms with van der Waals surface area (Å²) in [6.45, 7) is 3.24. The third kappa shape index (κ3) is 5.56. The average molecular weight is 341 g/mol. The molecule has 106 valence electrons. The number of pyridine rings is 1. The minimum Gasteiger partial charge on any atom is -0.369 e. The Morgan fingerprint density at radius 2 is 2.11 bits per heavy atom. The zero-order valence-corrected chi connectivity index (χ0v) is 11.8. The fourth-order valence-electron chi connectivity index (χ4n) is 1.15. The van der Waals surface area contributed by atoms with Gasteiger partial charge in [-0.3, -0.25) is 4.79 Å². The number of rotatable bonds is 4. The zero-order valence-electron chi connectivity index (χ0n) is 10.2. The largest absolute Gasteiger partial charge is 0.416 e. The summed E-state index contributed by atoms with van der Waals surface area (Å²) in [6.07, 6.45) is -4.65. The van der Waals surface area contributed by atoms with E-state index in [4.69, 9.17) is 4.74 Å². The zero-order chi connectivity index (χ0) is 14.6. The minimum absolute atomic E-state index is 0.0117. The van der Waals surface area contributed by atoms with Gasteiger partial charge in [0.1, 0.15) is 17.0 Å². The third-order valence-electron chi connectivity index (χ3n) is 1.94. The van der Waals surface area contributed by atoms with E-state index < -0.39 is 17.6 Å². The lowest BCUT2D eigenvalue weighted by atomic mass is 10.2. The Kier molecular flexibility index (Phi) is 5.30. The predicted molar refractivity (Wildman–Crippen MR) is 66.7 cm³/mol. The number of carbonyl (C=O) groups excluding carboxylic acids is 1. The van der Waals surface area contributed by atoms with Gasteiger partial charge >= 0.3 is 6.18 Å². The maximum atomic E-state index is 12.6. The van der Waals surface area contributed by atoms with E-state index >= 15 is 0 Å². The van der Waals surface area contributed by atoms with Gasteiger partial charge in [-0.25, -0.2) is 4.98 Å². The van der Waals surface area contributed by atoms with Gasteiger partial charge in [-0.15, -0.1) is 0 Å². The summed E-state index contributed by atoms with van der Waals surface area (Å²) in [4.78, 5) is 15.2. The number of carbonyl (C=O) groups is 1. The molecule has 4 nitrogen and oxygen atoms in total. The first-order valence-corrected chi connectivity index (χ1v) is 6.14. The molecule has 0 aliphatic rings. The molecule has 1 N–H and O–H groups in total. The normalized spacial score (nSPS) is 11.7. The molecule has 0 saturated carbocycles. The molecule has 0 bridgehead atoms. The number of ether oxygens (including phenoxy) is 1. The number of nitrogens with one attached hydrogen (secondary N) is 1. The third-order valence-corrected chi connectivity index (χ3v) is 2.34. The van der Waals surface area contributed by atoms with E-state index in [-0.39, 0.29) is 23.1 Å². The van der Waals surface area contributed by atoms with E-state index in [1.54, 1.807) is 13.8 Å². The molecule has 0 fully saturated rings. The molecule has 0 aromatic carbocycles. The molecule has 1 aromatic heterocycles. The van der Waals surface area contributed by atoms with Gasteiger partial charge in [0, 0.05) is 0 Å². The highest BCUT2D eigenvalue weighted by Crippen LogP contribution is 2.31. The first-order chi connectivity index (χ1) is 8.68. The van der Waals surface area contributed by atoms with Crippen molar-refractivity contribution in [1.82, 2.24) is 4.98 Å². The maximum absolute atomic E-state index is 12.6. The van der Waals surface area contributed by atoms with Gasteiger partial charge < -0.3 is 10.1 Å². The van der Waals surface area contributed by atoms with Crippen molar-refractivity contribution in [3.05, 3.63) is 22.3 Å². The molecule has 1 aromatic rings. The summed E-state index contributed by atoms with van der Waals surface area (Å²) in [5, 5.41) is 2.25. The van der Waals surface area contributed by atoms with E-state index in [0.29, 0.717) is 0 Å². The van der Waals surface area contributed by atoms with Crippen LogP contribution in [0.5, 0.6) is 0 Å². The number of aromatic nitrogens is 1. The Hall–Kier alpha value is -1.15. The van der Waals surface area contributed by atoms with E-state index in [0.717, 1.165) is 12.1 Å². The quantitative estimate of drug-likeness (QED) is 0.856. The standard InChI is InChI=1S/C11H12BrF3N2O2/c1-6(2)19-5-10(18)17-9-4-7(11(13,14)15)3-8(12)16-9/h3-4,6H,5H2,1-2H3,(H,16,17,18). The number of alkyl halides is 3. The highest BCUT2D eigenvalue weighted by molar-refractivity contribution is 9.10. The van der Waals surface area contributed by atoms with Crippen LogP contribution in [0.4, 0.5) is 19.0 Å². The minimum atomic E-state index is -4.50. The van der Waals surface area contributed by atoms with Crippen molar-refractivity contribution in [2.75, 3.05) is 11.9 Å². The van der Waals surface area contributed by atoms with Gasteiger partial charge in [0.25, 0.3) is 5.91 Å². The average Bonchev–Trinajstić information content (AvgIpc) is 2.24. The van der Waals surface area contributed by atoms with Crippen LogP contribution >= 0.6 is 15.9 Å². The van der Waals surface area contributed by atoms with Crippen LogP contribution in [0.3, 0.4) is 0 Å². The highest BCUT2D eigenvalue weighted by atomic mass is 79.9. The van der Waals surface area contributed by atoms with Crippen LogP contribution < -0.4 is 5.32 Å². The van der Waals surface area contributed by atoms with Crippen LogP contribution in [0.25, 0.3) is 0 Å². The second kappa shape index (κ2) is 6.33. The lowest BCUT2D eigenvalue weighted by molar-refractivity contribution is -0.137. The molecule has 1 heterocycles. The van der Waals surface area contributed by atoms with Crippen LogP contribution in [0.1, 0.15) is 19.4 Å². The maximum Gasteiger partial charge on any atom is 0.416 e. The van der Waals surface area contributed by atoms with Crippen LogP contribution in [0.15, 0.2) is 16.7 Å². The number of anilines is 1. The van der Waals surface area contributed by atoms with Crippen LogP contribution in [0.2, 0.25) is 0 Å². The molecule has 0 unspecified atom stereocenters. The first-order valence-electron chi connectivity index (χ1n) is 5.34. The Morgan fingerprint density at radius 3 is 2.63 bits per heavy atom. The topological polar surface area (TPSA) is 51.2 Å². The fraction of sp³-hybridized carbons (Fsp3) is 0.455. The van der Waals surface area contributed by atoms with Gasteiger partial charge in [-0.2, -0.15) is 13.2 Å². The highest BCUT2D eigenvalue weighted by Gasteiger charge is 2.31. The van der Waals surface area contributed by atoms with Crippen LogP contribution in [0, 0.1) is 0 Å². The van der Waals surface area contributed by atoms with Crippen molar-refractivity contribution in [1.29, 1.82) is 0 Å². The second-order valence-corrected chi connectivity index (χ2v) is 4.78. The van der Waals surface area contributed by atoms with Gasteiger partial charge in [-0.1, -0.05) is 0 Å². The van der Waals surface area contributed by atoms with Crippen molar-refractivity contribution in [3.63, 3.8) is 0 Å². The Balaban J connectivity index is 2.79. The smallest absolute Gasteiger partial charge is 0.369 e. The van der Waals surface area contributed by atoms with Crippen LogP contribution in [-0.2, 0) is 15.7 Å². The van der Waals surface area contributed by atoms with Gasteiger partial charge in [0.05, 0.1) is 11.7 Å². The lowest BCUT2D eigenvalue weighted by Crippen LogP contribution is -2.21. The number of nitrogens with zero attached hydrogens (tertiary/aromatic N) is 1. The lowest BCUT2D eigenvalue weighted by Gasteiger charge is -2.11. The summed E-state index contributed by atoms with van der Waals surface area (Å²) in [6, 6.07) is 1.60. The SMILES string of the molecule is CC(C)OCC(=O)Nc1cc(C(F)(F)F)cc(Br)n1.